The van der Waals surface area contributed by atoms with Crippen LogP contribution in [-0.4, -0.2) is 56.2 Å². The molecule has 1 atom stereocenters. The molecule has 2 amide bonds. The molecule has 0 aliphatic rings. The fourth-order valence-corrected chi connectivity index (χ4v) is 1.59. The zero-order chi connectivity index (χ0) is 16.6. The minimum absolute atomic E-state index is 0.0395. The second-order valence-corrected chi connectivity index (χ2v) is 6.81. The van der Waals surface area contributed by atoms with Crippen LogP contribution in [0.2, 0.25) is 0 Å². The van der Waals surface area contributed by atoms with Gasteiger partial charge in [-0.2, -0.15) is 0 Å². The van der Waals surface area contributed by atoms with Gasteiger partial charge in [-0.1, -0.05) is 13.8 Å². The summed E-state index contributed by atoms with van der Waals surface area (Å²) in [5, 5.41) is 5.92. The number of ether oxygens (including phenoxy) is 1. The van der Waals surface area contributed by atoms with Crippen LogP contribution in [-0.2, 0) is 9.53 Å². The minimum atomic E-state index is -0.492. The summed E-state index contributed by atoms with van der Waals surface area (Å²) in [6.07, 6.45) is -0.405. The molecule has 0 aliphatic carbocycles. The first-order valence-corrected chi connectivity index (χ1v) is 7.40. The molecule has 2 N–H and O–H groups in total. The number of hydrogen-bond donors (Lipinski definition) is 2. The average molecular weight is 301 g/mol. The highest BCUT2D eigenvalue weighted by Crippen LogP contribution is 2.10. The third kappa shape index (κ3) is 10.1. The third-order valence-electron chi connectivity index (χ3n) is 3.03. The molecule has 21 heavy (non-hydrogen) atoms. The smallest absolute Gasteiger partial charge is 0.407 e. The first-order chi connectivity index (χ1) is 9.53. The summed E-state index contributed by atoms with van der Waals surface area (Å²) in [5.41, 5.74) is -0.492. The lowest BCUT2D eigenvalue weighted by Gasteiger charge is -2.24. The van der Waals surface area contributed by atoms with Gasteiger partial charge in [0.25, 0.3) is 0 Å². The molecular formula is C15H31N3O3. The number of hydrogen-bond acceptors (Lipinski definition) is 4. The summed E-state index contributed by atoms with van der Waals surface area (Å²) in [7, 11) is 3.46. The number of nitrogens with zero attached hydrogens (tertiary/aromatic N) is 1. The average Bonchev–Trinajstić information content (AvgIpc) is 2.30. The van der Waals surface area contributed by atoms with Crippen LogP contribution in [0.15, 0.2) is 0 Å². The van der Waals surface area contributed by atoms with Gasteiger partial charge in [-0.15, -0.1) is 0 Å². The Morgan fingerprint density at radius 3 is 2.14 bits per heavy atom. The Bertz CT molecular complexity index is 336. The van der Waals surface area contributed by atoms with E-state index in [1.54, 1.807) is 19.0 Å². The monoisotopic (exact) mass is 301 g/mol. The number of likely N-dealkylation sites (N-methyl/N-ethyl adjacent to an activating group) is 1. The molecule has 0 aromatic heterocycles. The van der Waals surface area contributed by atoms with Crippen LogP contribution in [0.25, 0.3) is 0 Å². The Hall–Kier alpha value is -1.30. The Morgan fingerprint density at radius 2 is 1.71 bits per heavy atom. The molecule has 0 saturated carbocycles. The molecule has 0 spiro atoms. The van der Waals surface area contributed by atoms with Crippen LogP contribution < -0.4 is 10.6 Å². The lowest BCUT2D eigenvalue weighted by molar-refractivity contribution is -0.127. The van der Waals surface area contributed by atoms with Gasteiger partial charge in [0.05, 0.1) is 6.54 Å². The van der Waals surface area contributed by atoms with E-state index in [4.69, 9.17) is 4.74 Å². The van der Waals surface area contributed by atoms with Crippen molar-refractivity contribution < 1.29 is 14.3 Å². The van der Waals surface area contributed by atoms with Crippen molar-refractivity contribution in [3.63, 3.8) is 0 Å². The van der Waals surface area contributed by atoms with Gasteiger partial charge in [0.2, 0.25) is 5.91 Å². The van der Waals surface area contributed by atoms with Crippen LogP contribution >= 0.6 is 0 Å². The second kappa shape index (κ2) is 8.87. The maximum Gasteiger partial charge on any atom is 0.407 e. The summed E-state index contributed by atoms with van der Waals surface area (Å²) in [4.78, 5) is 24.7. The Balaban J connectivity index is 4.14. The topological polar surface area (TPSA) is 70.7 Å². The fraction of sp³-hybridized carbons (Fsp3) is 0.867. The van der Waals surface area contributed by atoms with Crippen LogP contribution in [0.3, 0.4) is 0 Å². The van der Waals surface area contributed by atoms with Crippen LogP contribution in [0.5, 0.6) is 0 Å². The molecule has 0 rings (SSSR count). The number of amides is 2. The second-order valence-electron chi connectivity index (χ2n) is 6.81. The Kier molecular flexibility index (Phi) is 8.32. The Labute approximate surface area is 128 Å². The van der Waals surface area contributed by atoms with Crippen molar-refractivity contribution in [2.75, 3.05) is 33.7 Å². The molecule has 0 aromatic carbocycles. The van der Waals surface area contributed by atoms with E-state index in [0.29, 0.717) is 25.6 Å². The molecule has 0 bridgehead atoms. The number of nitrogens with one attached hydrogen (secondary N) is 2. The van der Waals surface area contributed by atoms with E-state index < -0.39 is 11.7 Å². The van der Waals surface area contributed by atoms with Gasteiger partial charge in [0.15, 0.2) is 0 Å². The highest BCUT2D eigenvalue weighted by Gasteiger charge is 2.19. The SMILES string of the molecule is CC(C)C(CNCC(=O)N(C)C)CNC(=O)OC(C)(C)C. The van der Waals surface area contributed by atoms with Gasteiger partial charge in [-0.05, 0) is 32.6 Å². The molecule has 1 unspecified atom stereocenters. The first-order valence-electron chi connectivity index (χ1n) is 7.40. The van der Waals surface area contributed by atoms with Gasteiger partial charge in [0, 0.05) is 27.2 Å². The van der Waals surface area contributed by atoms with E-state index in [2.05, 4.69) is 24.5 Å². The molecule has 0 aliphatic heterocycles. The minimum Gasteiger partial charge on any atom is -0.444 e. The molecule has 0 aromatic rings. The van der Waals surface area contributed by atoms with E-state index in [0.717, 1.165) is 0 Å². The number of alkyl carbamates (subject to hydrolysis) is 1. The molecular weight excluding hydrogens is 270 g/mol. The molecule has 0 heterocycles. The van der Waals surface area contributed by atoms with Gasteiger partial charge >= 0.3 is 6.09 Å². The highest BCUT2D eigenvalue weighted by molar-refractivity contribution is 5.77. The van der Waals surface area contributed by atoms with E-state index in [9.17, 15) is 9.59 Å². The summed E-state index contributed by atoms with van der Waals surface area (Å²) in [5.74, 6) is 0.673. The standard InChI is InChI=1S/C15H31N3O3/c1-11(2)12(8-16-10-13(19)18(6)7)9-17-14(20)21-15(3,4)5/h11-12,16H,8-10H2,1-7H3,(H,17,20). The zero-order valence-corrected chi connectivity index (χ0v) is 14.4. The highest BCUT2D eigenvalue weighted by atomic mass is 16.6. The van der Waals surface area contributed by atoms with Gasteiger partial charge in [0.1, 0.15) is 5.60 Å². The van der Waals surface area contributed by atoms with E-state index in [1.165, 1.54) is 0 Å². The maximum absolute atomic E-state index is 11.6. The Morgan fingerprint density at radius 1 is 1.14 bits per heavy atom. The van der Waals surface area contributed by atoms with Crippen molar-refractivity contribution in [2.24, 2.45) is 11.8 Å². The van der Waals surface area contributed by atoms with Gasteiger partial charge < -0.3 is 20.3 Å². The van der Waals surface area contributed by atoms with Gasteiger partial charge in [-0.3, -0.25) is 4.79 Å². The van der Waals surface area contributed by atoms with Crippen molar-refractivity contribution >= 4 is 12.0 Å². The van der Waals surface area contributed by atoms with Crippen molar-refractivity contribution in [3.8, 4) is 0 Å². The van der Waals surface area contributed by atoms with Crippen LogP contribution in [0.4, 0.5) is 4.79 Å². The van der Waals surface area contributed by atoms with E-state index in [-0.39, 0.29) is 11.8 Å². The molecule has 124 valence electrons. The normalized spacial score (nSPS) is 13.0. The summed E-state index contributed by atoms with van der Waals surface area (Å²) < 4.78 is 5.21. The first kappa shape index (κ1) is 19.7. The third-order valence-corrected chi connectivity index (χ3v) is 3.03. The summed E-state index contributed by atoms with van der Waals surface area (Å²) in [6, 6.07) is 0. The predicted molar refractivity (Wildman–Crippen MR) is 84.1 cm³/mol. The molecule has 0 fully saturated rings. The lowest BCUT2D eigenvalue weighted by atomic mass is 9.96. The van der Waals surface area contributed by atoms with Crippen LogP contribution in [0.1, 0.15) is 34.6 Å². The maximum atomic E-state index is 11.6. The summed E-state index contributed by atoms with van der Waals surface area (Å²) in [6.45, 7) is 11.2. The lowest BCUT2D eigenvalue weighted by Crippen LogP contribution is -2.41. The molecule has 6 heteroatoms. The van der Waals surface area contributed by atoms with Crippen molar-refractivity contribution in [1.82, 2.24) is 15.5 Å². The number of carbonyl (C=O) groups excluding carboxylic acids is 2. The van der Waals surface area contributed by atoms with E-state index >= 15 is 0 Å². The fourth-order valence-electron chi connectivity index (χ4n) is 1.59. The predicted octanol–water partition coefficient (Wildman–Crippen LogP) is 1.46. The van der Waals surface area contributed by atoms with Crippen LogP contribution in [0, 0.1) is 11.8 Å². The summed E-state index contributed by atoms with van der Waals surface area (Å²) >= 11 is 0. The van der Waals surface area contributed by atoms with Gasteiger partial charge in [-0.25, -0.2) is 4.79 Å². The molecule has 0 saturated heterocycles. The molecule has 6 nitrogen and oxygen atoms in total. The molecule has 0 radical (unpaired) electrons. The van der Waals surface area contributed by atoms with Crippen molar-refractivity contribution in [3.05, 3.63) is 0 Å². The zero-order valence-electron chi connectivity index (χ0n) is 14.4. The number of carbonyl (C=O) groups is 2. The van der Waals surface area contributed by atoms with E-state index in [1.807, 2.05) is 20.8 Å². The van der Waals surface area contributed by atoms with Crippen molar-refractivity contribution in [2.45, 2.75) is 40.2 Å². The van der Waals surface area contributed by atoms with Crippen molar-refractivity contribution in [1.29, 1.82) is 0 Å². The number of rotatable bonds is 7. The largest absolute Gasteiger partial charge is 0.444 e. The quantitative estimate of drug-likeness (QED) is 0.747.